The van der Waals surface area contributed by atoms with Crippen molar-refractivity contribution >= 4 is 11.4 Å². The Labute approximate surface area is 83.4 Å². The first-order valence-corrected chi connectivity index (χ1v) is 4.85. The highest BCUT2D eigenvalue weighted by Crippen LogP contribution is 2.24. The smallest absolute Gasteiger partial charge is 0.0579 e. The summed E-state index contributed by atoms with van der Waals surface area (Å²) in [6.45, 7) is 0. The molecule has 1 aliphatic carbocycles. The number of rotatable bonds is 3. The van der Waals surface area contributed by atoms with Gasteiger partial charge in [0.2, 0.25) is 0 Å². The minimum atomic E-state index is -0.118. The number of aromatic nitrogens is 1. The van der Waals surface area contributed by atoms with Gasteiger partial charge in [0, 0.05) is 13.1 Å². The van der Waals surface area contributed by atoms with Crippen LogP contribution in [0.4, 0.5) is 11.4 Å². The van der Waals surface area contributed by atoms with Gasteiger partial charge < -0.3 is 15.7 Å². The molecule has 1 saturated carbocycles. The van der Waals surface area contributed by atoms with Crippen LogP contribution in [0.15, 0.2) is 18.5 Å². The fourth-order valence-electron chi connectivity index (χ4n) is 1.60. The highest BCUT2D eigenvalue weighted by atomic mass is 16.3. The largest absolute Gasteiger partial charge is 0.393 e. The monoisotopic (exact) mass is 193 g/mol. The van der Waals surface area contributed by atoms with E-state index in [4.69, 9.17) is 5.11 Å². The van der Waals surface area contributed by atoms with Crippen molar-refractivity contribution in [3.63, 3.8) is 0 Å². The van der Waals surface area contributed by atoms with Crippen molar-refractivity contribution in [1.82, 2.24) is 4.98 Å². The topological polar surface area (TPSA) is 57.2 Å². The molecule has 0 bridgehead atoms. The molecule has 1 fully saturated rings. The standard InChI is InChI=1S/C10H15N3O/c1-11-8-2-9(6-12-5-8)13-7-3-10(14)4-7/h2,5-7,10-11,13-14H,3-4H2,1H3. The number of hydrogen-bond acceptors (Lipinski definition) is 4. The van der Waals surface area contributed by atoms with E-state index < -0.39 is 0 Å². The fraction of sp³-hybridized carbons (Fsp3) is 0.500. The maximum absolute atomic E-state index is 9.13. The molecule has 0 aromatic carbocycles. The molecule has 0 spiro atoms. The number of nitrogens with one attached hydrogen (secondary N) is 2. The first kappa shape index (κ1) is 9.27. The van der Waals surface area contributed by atoms with E-state index in [9.17, 15) is 0 Å². The van der Waals surface area contributed by atoms with Gasteiger partial charge in [0.15, 0.2) is 0 Å². The van der Waals surface area contributed by atoms with Gasteiger partial charge in [-0.2, -0.15) is 0 Å². The number of nitrogens with zero attached hydrogens (tertiary/aromatic N) is 1. The van der Waals surface area contributed by atoms with Crippen LogP contribution in [0.5, 0.6) is 0 Å². The molecule has 0 aliphatic heterocycles. The molecule has 2 rings (SSSR count). The summed E-state index contributed by atoms with van der Waals surface area (Å²) in [5, 5.41) is 15.5. The van der Waals surface area contributed by atoms with Crippen molar-refractivity contribution in [1.29, 1.82) is 0 Å². The molecular formula is C10H15N3O. The molecule has 14 heavy (non-hydrogen) atoms. The lowest BCUT2D eigenvalue weighted by Crippen LogP contribution is -2.38. The quantitative estimate of drug-likeness (QED) is 0.672. The lowest BCUT2D eigenvalue weighted by atomic mass is 9.89. The zero-order valence-electron chi connectivity index (χ0n) is 8.20. The van der Waals surface area contributed by atoms with Gasteiger partial charge in [0.25, 0.3) is 0 Å². The van der Waals surface area contributed by atoms with Crippen molar-refractivity contribution < 1.29 is 5.11 Å². The van der Waals surface area contributed by atoms with Crippen LogP contribution >= 0.6 is 0 Å². The third-order valence-corrected chi connectivity index (χ3v) is 2.51. The van der Waals surface area contributed by atoms with Crippen molar-refractivity contribution in [3.8, 4) is 0 Å². The van der Waals surface area contributed by atoms with Gasteiger partial charge in [-0.15, -0.1) is 0 Å². The van der Waals surface area contributed by atoms with Gasteiger partial charge in [-0.3, -0.25) is 4.98 Å². The van der Waals surface area contributed by atoms with Crippen LogP contribution in [-0.4, -0.2) is 29.3 Å². The van der Waals surface area contributed by atoms with E-state index in [1.165, 1.54) is 0 Å². The summed E-state index contributed by atoms with van der Waals surface area (Å²) in [5.41, 5.74) is 2.00. The van der Waals surface area contributed by atoms with Crippen molar-refractivity contribution in [2.75, 3.05) is 17.7 Å². The lowest BCUT2D eigenvalue weighted by molar-refractivity contribution is 0.0836. The Morgan fingerprint density at radius 1 is 1.36 bits per heavy atom. The Kier molecular flexibility index (Phi) is 2.54. The van der Waals surface area contributed by atoms with Crippen molar-refractivity contribution in [2.24, 2.45) is 0 Å². The second kappa shape index (κ2) is 3.84. The molecule has 76 valence electrons. The average Bonchev–Trinajstić information content (AvgIpc) is 2.16. The summed E-state index contributed by atoms with van der Waals surface area (Å²) >= 11 is 0. The number of hydrogen-bond donors (Lipinski definition) is 3. The van der Waals surface area contributed by atoms with Crippen LogP contribution in [0.25, 0.3) is 0 Å². The predicted octanol–water partition coefficient (Wildman–Crippen LogP) is 1.06. The van der Waals surface area contributed by atoms with E-state index >= 15 is 0 Å². The van der Waals surface area contributed by atoms with Gasteiger partial charge in [-0.05, 0) is 18.9 Å². The van der Waals surface area contributed by atoms with Crippen LogP contribution in [-0.2, 0) is 0 Å². The normalized spacial score (nSPS) is 25.3. The molecular weight excluding hydrogens is 178 g/mol. The second-order valence-corrected chi connectivity index (χ2v) is 3.68. The third-order valence-electron chi connectivity index (χ3n) is 2.51. The van der Waals surface area contributed by atoms with Gasteiger partial charge in [-0.1, -0.05) is 0 Å². The fourth-order valence-corrected chi connectivity index (χ4v) is 1.60. The van der Waals surface area contributed by atoms with E-state index in [0.29, 0.717) is 6.04 Å². The third kappa shape index (κ3) is 1.96. The van der Waals surface area contributed by atoms with Crippen LogP contribution < -0.4 is 10.6 Å². The molecule has 1 aromatic heterocycles. The first-order chi connectivity index (χ1) is 6.78. The molecule has 0 radical (unpaired) electrons. The highest BCUT2D eigenvalue weighted by Gasteiger charge is 2.26. The van der Waals surface area contributed by atoms with E-state index in [0.717, 1.165) is 24.2 Å². The van der Waals surface area contributed by atoms with Crippen LogP contribution in [0.1, 0.15) is 12.8 Å². The SMILES string of the molecule is CNc1cncc(NC2CC(O)C2)c1. The molecule has 0 amide bonds. The minimum absolute atomic E-state index is 0.118. The van der Waals surface area contributed by atoms with E-state index in [1.807, 2.05) is 13.1 Å². The van der Waals surface area contributed by atoms with Crippen LogP contribution in [0.2, 0.25) is 0 Å². The molecule has 3 N–H and O–H groups in total. The Bertz CT molecular complexity index is 310. The summed E-state index contributed by atoms with van der Waals surface area (Å²) in [7, 11) is 1.87. The predicted molar refractivity (Wildman–Crippen MR) is 56.4 cm³/mol. The summed E-state index contributed by atoms with van der Waals surface area (Å²) in [6, 6.07) is 2.41. The Morgan fingerprint density at radius 2 is 2.07 bits per heavy atom. The Hall–Kier alpha value is -1.29. The Morgan fingerprint density at radius 3 is 2.71 bits per heavy atom. The van der Waals surface area contributed by atoms with Gasteiger partial charge in [0.05, 0.1) is 29.9 Å². The van der Waals surface area contributed by atoms with Crippen LogP contribution in [0.3, 0.4) is 0 Å². The maximum atomic E-state index is 9.13. The van der Waals surface area contributed by atoms with Gasteiger partial charge in [-0.25, -0.2) is 0 Å². The minimum Gasteiger partial charge on any atom is -0.393 e. The summed E-state index contributed by atoms with van der Waals surface area (Å²) in [6.07, 6.45) is 5.13. The molecule has 1 aliphatic rings. The Balaban J connectivity index is 1.95. The second-order valence-electron chi connectivity index (χ2n) is 3.68. The molecule has 0 unspecified atom stereocenters. The molecule has 4 nitrogen and oxygen atoms in total. The van der Waals surface area contributed by atoms with Gasteiger partial charge >= 0.3 is 0 Å². The molecule has 0 atom stereocenters. The highest BCUT2D eigenvalue weighted by molar-refractivity contribution is 5.54. The molecule has 0 saturated heterocycles. The van der Waals surface area contributed by atoms with E-state index in [-0.39, 0.29) is 6.10 Å². The summed E-state index contributed by atoms with van der Waals surface area (Å²) < 4.78 is 0. The molecule has 1 heterocycles. The van der Waals surface area contributed by atoms with E-state index in [2.05, 4.69) is 15.6 Å². The summed E-state index contributed by atoms with van der Waals surface area (Å²) in [5.74, 6) is 0. The lowest BCUT2D eigenvalue weighted by Gasteiger charge is -2.32. The number of aliphatic hydroxyl groups is 1. The number of pyridine rings is 1. The number of aliphatic hydroxyl groups excluding tert-OH is 1. The zero-order chi connectivity index (χ0) is 9.97. The average molecular weight is 193 g/mol. The van der Waals surface area contributed by atoms with Crippen LogP contribution in [0, 0.1) is 0 Å². The maximum Gasteiger partial charge on any atom is 0.0579 e. The molecule has 4 heteroatoms. The zero-order valence-corrected chi connectivity index (χ0v) is 8.20. The molecule has 1 aromatic rings. The number of anilines is 2. The van der Waals surface area contributed by atoms with E-state index in [1.54, 1.807) is 12.4 Å². The van der Waals surface area contributed by atoms with Gasteiger partial charge in [0.1, 0.15) is 0 Å². The van der Waals surface area contributed by atoms with Crippen molar-refractivity contribution in [3.05, 3.63) is 18.5 Å². The summed E-state index contributed by atoms with van der Waals surface area (Å²) in [4.78, 5) is 4.10. The van der Waals surface area contributed by atoms with Crippen molar-refractivity contribution in [2.45, 2.75) is 25.0 Å². The first-order valence-electron chi connectivity index (χ1n) is 4.85.